The molecule has 5 nitrogen and oxygen atoms in total. The van der Waals surface area contributed by atoms with Crippen LogP contribution in [0.2, 0.25) is 0 Å². The maximum atomic E-state index is 12.7. The van der Waals surface area contributed by atoms with Gasteiger partial charge in [0.25, 0.3) is 0 Å². The molecule has 1 aromatic carbocycles. The lowest BCUT2D eigenvalue weighted by Crippen LogP contribution is -2.25. The summed E-state index contributed by atoms with van der Waals surface area (Å²) < 4.78 is 0. The molecule has 0 saturated carbocycles. The quantitative estimate of drug-likeness (QED) is 0.893. The molecule has 0 saturated heterocycles. The fourth-order valence-corrected chi connectivity index (χ4v) is 3.58. The molecule has 2 aromatic rings. The number of rotatable bonds is 2. The molecule has 2 N–H and O–H groups in total. The molecule has 0 fully saturated rings. The number of hydrogen-bond acceptors (Lipinski definition) is 3. The number of carbonyl (C=O) groups is 2. The third-order valence-corrected chi connectivity index (χ3v) is 4.80. The van der Waals surface area contributed by atoms with Crippen LogP contribution in [0.3, 0.4) is 0 Å². The molecule has 0 bridgehead atoms. The predicted octanol–water partition coefficient (Wildman–Crippen LogP) is 3.02. The first-order valence-electron chi connectivity index (χ1n) is 8.38. The Morgan fingerprint density at radius 2 is 2.04 bits per heavy atom. The van der Waals surface area contributed by atoms with Crippen LogP contribution in [0, 0.1) is 0 Å². The molecule has 4 rings (SSSR count). The van der Waals surface area contributed by atoms with E-state index in [1.54, 1.807) is 6.20 Å². The van der Waals surface area contributed by atoms with E-state index in [4.69, 9.17) is 0 Å². The molecule has 1 aliphatic heterocycles. The predicted molar refractivity (Wildman–Crippen MR) is 91.9 cm³/mol. The minimum absolute atomic E-state index is 0.00871. The highest BCUT2D eigenvalue weighted by Crippen LogP contribution is 2.32. The van der Waals surface area contributed by atoms with Gasteiger partial charge >= 0.3 is 0 Å². The average molecular weight is 321 g/mol. The van der Waals surface area contributed by atoms with E-state index in [9.17, 15) is 9.59 Å². The molecule has 2 heterocycles. The van der Waals surface area contributed by atoms with Gasteiger partial charge in [-0.05, 0) is 48.4 Å². The second-order valence-electron chi connectivity index (χ2n) is 6.41. The molecule has 2 amide bonds. The molecule has 5 heteroatoms. The van der Waals surface area contributed by atoms with E-state index in [-0.39, 0.29) is 17.7 Å². The van der Waals surface area contributed by atoms with Gasteiger partial charge in [0, 0.05) is 6.42 Å². The second kappa shape index (κ2) is 6.07. The molecule has 1 aliphatic carbocycles. The van der Waals surface area contributed by atoms with Crippen LogP contribution < -0.4 is 10.6 Å². The maximum Gasteiger partial charge on any atom is 0.231 e. The number of amides is 2. The van der Waals surface area contributed by atoms with Crippen molar-refractivity contribution in [2.45, 2.75) is 38.0 Å². The first kappa shape index (κ1) is 14.9. The molecule has 24 heavy (non-hydrogen) atoms. The topological polar surface area (TPSA) is 71.1 Å². The Balaban J connectivity index is 1.54. The highest BCUT2D eigenvalue weighted by atomic mass is 16.2. The van der Waals surface area contributed by atoms with Gasteiger partial charge in [-0.1, -0.05) is 24.3 Å². The zero-order valence-corrected chi connectivity index (χ0v) is 13.3. The van der Waals surface area contributed by atoms with Crippen LogP contribution in [0.25, 0.3) is 0 Å². The Kier molecular flexibility index (Phi) is 3.76. The van der Waals surface area contributed by atoms with Crippen LogP contribution in [-0.4, -0.2) is 16.8 Å². The molecule has 1 unspecified atom stereocenters. The summed E-state index contributed by atoms with van der Waals surface area (Å²) in [7, 11) is 0. The van der Waals surface area contributed by atoms with Gasteiger partial charge in [0.15, 0.2) is 0 Å². The first-order chi connectivity index (χ1) is 11.7. The highest BCUT2D eigenvalue weighted by Gasteiger charge is 2.26. The average Bonchev–Trinajstić information content (AvgIpc) is 2.61. The molecular weight excluding hydrogens is 302 g/mol. The number of anilines is 2. The van der Waals surface area contributed by atoms with Crippen LogP contribution in [0.15, 0.2) is 36.5 Å². The van der Waals surface area contributed by atoms with E-state index in [0.717, 1.165) is 30.4 Å². The van der Waals surface area contributed by atoms with Gasteiger partial charge in [0.1, 0.15) is 5.82 Å². The summed E-state index contributed by atoms with van der Waals surface area (Å²) in [5.41, 5.74) is 4.07. The van der Waals surface area contributed by atoms with Crippen molar-refractivity contribution in [1.82, 2.24) is 4.98 Å². The summed E-state index contributed by atoms with van der Waals surface area (Å²) in [5.74, 6) is 0.507. The molecule has 0 radical (unpaired) electrons. The number of carbonyl (C=O) groups excluding carboxylic acids is 2. The monoisotopic (exact) mass is 321 g/mol. The summed E-state index contributed by atoms with van der Waals surface area (Å²) in [4.78, 5) is 28.4. The van der Waals surface area contributed by atoms with Gasteiger partial charge in [0.2, 0.25) is 11.8 Å². The van der Waals surface area contributed by atoms with Crippen molar-refractivity contribution < 1.29 is 9.59 Å². The number of nitrogens with zero attached hydrogens (tertiary/aromatic N) is 1. The fourth-order valence-electron chi connectivity index (χ4n) is 3.58. The van der Waals surface area contributed by atoms with Gasteiger partial charge in [-0.15, -0.1) is 0 Å². The number of aryl methyl sites for hydroxylation is 2. The SMILES string of the molecule is O=C1CCc2cc(NC(=O)C3CCCc4ccccc43)cnc2N1. The molecule has 0 spiro atoms. The number of aromatic nitrogens is 1. The zero-order chi connectivity index (χ0) is 16.5. The van der Waals surface area contributed by atoms with E-state index in [2.05, 4.69) is 27.8 Å². The van der Waals surface area contributed by atoms with E-state index < -0.39 is 0 Å². The van der Waals surface area contributed by atoms with Crippen molar-refractivity contribution in [2.24, 2.45) is 0 Å². The van der Waals surface area contributed by atoms with Crippen molar-refractivity contribution in [3.63, 3.8) is 0 Å². The van der Waals surface area contributed by atoms with E-state index in [1.165, 1.54) is 5.56 Å². The minimum atomic E-state index is -0.106. The van der Waals surface area contributed by atoms with Gasteiger partial charge < -0.3 is 10.6 Å². The lowest BCUT2D eigenvalue weighted by molar-refractivity contribution is -0.118. The lowest BCUT2D eigenvalue weighted by Gasteiger charge is -2.25. The van der Waals surface area contributed by atoms with Crippen LogP contribution in [0.4, 0.5) is 11.5 Å². The Bertz CT molecular complexity index is 816. The molecular formula is C19H19N3O2. The third-order valence-electron chi connectivity index (χ3n) is 4.80. The van der Waals surface area contributed by atoms with E-state index in [1.807, 2.05) is 18.2 Å². The van der Waals surface area contributed by atoms with Crippen molar-refractivity contribution in [1.29, 1.82) is 0 Å². The third kappa shape index (κ3) is 2.77. The van der Waals surface area contributed by atoms with Gasteiger partial charge in [-0.25, -0.2) is 4.98 Å². The highest BCUT2D eigenvalue weighted by molar-refractivity contribution is 5.97. The van der Waals surface area contributed by atoms with Crippen molar-refractivity contribution in [3.05, 3.63) is 53.2 Å². The van der Waals surface area contributed by atoms with Crippen molar-refractivity contribution in [3.8, 4) is 0 Å². The molecule has 1 atom stereocenters. The summed E-state index contributed by atoms with van der Waals surface area (Å²) in [6.45, 7) is 0. The maximum absolute atomic E-state index is 12.7. The normalized spacial score (nSPS) is 19.0. The van der Waals surface area contributed by atoms with Crippen LogP contribution in [0.5, 0.6) is 0 Å². The van der Waals surface area contributed by atoms with Crippen molar-refractivity contribution in [2.75, 3.05) is 10.6 Å². The number of benzene rings is 1. The lowest BCUT2D eigenvalue weighted by atomic mass is 9.82. The summed E-state index contributed by atoms with van der Waals surface area (Å²) in [6.07, 6.45) is 5.67. The Morgan fingerprint density at radius 3 is 2.96 bits per heavy atom. The zero-order valence-electron chi connectivity index (χ0n) is 13.3. The number of fused-ring (bicyclic) bond motifs is 2. The van der Waals surface area contributed by atoms with E-state index in [0.29, 0.717) is 24.3 Å². The molecule has 2 aliphatic rings. The number of hydrogen-bond donors (Lipinski definition) is 2. The van der Waals surface area contributed by atoms with Crippen LogP contribution in [0.1, 0.15) is 41.9 Å². The van der Waals surface area contributed by atoms with E-state index >= 15 is 0 Å². The molecule has 122 valence electrons. The first-order valence-corrected chi connectivity index (χ1v) is 8.38. The Morgan fingerprint density at radius 1 is 1.17 bits per heavy atom. The summed E-state index contributed by atoms with van der Waals surface area (Å²) >= 11 is 0. The number of pyridine rings is 1. The standard InChI is InChI=1S/C19H19N3O2/c23-17-9-8-13-10-14(11-20-18(13)22-17)21-19(24)16-7-3-5-12-4-1-2-6-15(12)16/h1-2,4,6,10-11,16H,3,5,7-9H2,(H,21,24)(H,20,22,23). The van der Waals surface area contributed by atoms with Gasteiger partial charge in [-0.2, -0.15) is 0 Å². The smallest absolute Gasteiger partial charge is 0.231 e. The van der Waals surface area contributed by atoms with Crippen LogP contribution >= 0.6 is 0 Å². The second-order valence-corrected chi connectivity index (χ2v) is 6.41. The Labute approximate surface area is 140 Å². The minimum Gasteiger partial charge on any atom is -0.324 e. The summed E-state index contributed by atoms with van der Waals surface area (Å²) in [6, 6.07) is 10.1. The fraction of sp³-hybridized carbons (Fsp3) is 0.316. The molecule has 1 aromatic heterocycles. The Hall–Kier alpha value is -2.69. The van der Waals surface area contributed by atoms with Gasteiger partial charge in [-0.3, -0.25) is 9.59 Å². The summed E-state index contributed by atoms with van der Waals surface area (Å²) in [5, 5.41) is 5.75. The van der Waals surface area contributed by atoms with Crippen molar-refractivity contribution >= 4 is 23.3 Å². The van der Waals surface area contributed by atoms with Gasteiger partial charge in [0.05, 0.1) is 17.8 Å². The largest absolute Gasteiger partial charge is 0.324 e. The van der Waals surface area contributed by atoms with Crippen LogP contribution in [-0.2, 0) is 22.4 Å². The number of nitrogens with one attached hydrogen (secondary N) is 2.